The fraction of sp³-hybridized carbons (Fsp3) is 0.333. The number of aromatic hydroxyl groups is 2. The molecule has 0 amide bonds. The summed E-state index contributed by atoms with van der Waals surface area (Å²) >= 11 is 3.17. The quantitative estimate of drug-likeness (QED) is 0.150. The Balaban J connectivity index is -0.000000578. The van der Waals surface area contributed by atoms with Crippen LogP contribution in [-0.2, 0) is 30.0 Å². The summed E-state index contributed by atoms with van der Waals surface area (Å²) in [4.78, 5) is 29.8. The van der Waals surface area contributed by atoms with Crippen LogP contribution in [0.15, 0.2) is 58.5 Å². The van der Waals surface area contributed by atoms with Gasteiger partial charge in [0.1, 0.15) is 23.6 Å². The van der Waals surface area contributed by atoms with Crippen molar-refractivity contribution in [3.63, 3.8) is 0 Å². The van der Waals surface area contributed by atoms with E-state index in [4.69, 9.17) is 10.2 Å². The van der Waals surface area contributed by atoms with Crippen molar-refractivity contribution in [1.82, 2.24) is 0 Å². The van der Waals surface area contributed by atoms with Crippen molar-refractivity contribution in [1.29, 1.82) is 0 Å². The smallest absolute Gasteiger partial charge is 1.00 e. The number of hydrogen-bond donors (Lipinski definition) is 4. The second kappa shape index (κ2) is 23.4. The van der Waals surface area contributed by atoms with Crippen LogP contribution in [0.25, 0.3) is 0 Å². The van der Waals surface area contributed by atoms with Crippen molar-refractivity contribution < 1.29 is 75.3 Å². The number of hydrogen-bond acceptors (Lipinski definition) is 8. The molecule has 208 valence electrons. The zero-order valence-corrected chi connectivity index (χ0v) is 24.8. The SMILES string of the molecule is CSCCC(N=Cc1ccccc1O)C(=O)O.CSCCC(N=Cc1ccccc1O)C(=O)O.[Cl-].[Cl-].[Pd+2]. The molecule has 0 radical (unpaired) electrons. The first-order valence-corrected chi connectivity index (χ1v) is 13.1. The van der Waals surface area contributed by atoms with E-state index in [1.807, 2.05) is 12.5 Å². The van der Waals surface area contributed by atoms with Gasteiger partial charge in [0.25, 0.3) is 0 Å². The normalized spacial score (nSPS) is 11.7. The molecule has 0 bridgehead atoms. The fourth-order valence-corrected chi connectivity index (χ4v) is 3.43. The summed E-state index contributed by atoms with van der Waals surface area (Å²) in [5.74, 6) is -0.184. The minimum absolute atomic E-state index is 0. The van der Waals surface area contributed by atoms with Gasteiger partial charge in [-0.15, -0.1) is 0 Å². The summed E-state index contributed by atoms with van der Waals surface area (Å²) in [6, 6.07) is 11.9. The number of aliphatic imine (C=N–C) groups is 2. The van der Waals surface area contributed by atoms with E-state index in [0.29, 0.717) is 24.0 Å². The van der Waals surface area contributed by atoms with Crippen LogP contribution in [0.4, 0.5) is 0 Å². The van der Waals surface area contributed by atoms with Gasteiger partial charge in [-0.25, -0.2) is 9.59 Å². The number of halogens is 2. The van der Waals surface area contributed by atoms with E-state index in [1.54, 1.807) is 72.1 Å². The summed E-state index contributed by atoms with van der Waals surface area (Å²) in [6.45, 7) is 0. The molecule has 2 aromatic carbocycles. The molecule has 8 nitrogen and oxygen atoms in total. The predicted octanol–water partition coefficient (Wildman–Crippen LogP) is -1.96. The Morgan fingerprint density at radius 1 is 0.757 bits per heavy atom. The van der Waals surface area contributed by atoms with Gasteiger partial charge < -0.3 is 45.2 Å². The van der Waals surface area contributed by atoms with Crippen LogP contribution in [0.5, 0.6) is 11.5 Å². The number of aliphatic carboxylic acids is 2. The summed E-state index contributed by atoms with van der Waals surface area (Å²) in [5.41, 5.74) is 1.06. The fourth-order valence-electron chi connectivity index (χ4n) is 2.52. The molecular weight excluding hydrogens is 654 g/mol. The summed E-state index contributed by atoms with van der Waals surface area (Å²) in [7, 11) is 0. The molecule has 0 heterocycles. The number of benzene rings is 2. The molecule has 0 saturated carbocycles. The van der Waals surface area contributed by atoms with Gasteiger partial charge in [-0.3, -0.25) is 9.98 Å². The van der Waals surface area contributed by atoms with E-state index in [2.05, 4.69) is 9.98 Å². The molecule has 37 heavy (non-hydrogen) atoms. The third kappa shape index (κ3) is 16.7. The molecule has 2 aromatic rings. The van der Waals surface area contributed by atoms with Crippen molar-refractivity contribution in [2.45, 2.75) is 24.9 Å². The van der Waals surface area contributed by atoms with Gasteiger partial charge in [0, 0.05) is 23.6 Å². The van der Waals surface area contributed by atoms with Crippen LogP contribution >= 0.6 is 23.5 Å². The van der Waals surface area contributed by atoms with Crippen molar-refractivity contribution >= 4 is 47.9 Å². The van der Waals surface area contributed by atoms with E-state index in [-0.39, 0.29) is 56.7 Å². The minimum atomic E-state index is -0.939. The third-order valence-corrected chi connectivity index (χ3v) is 5.71. The van der Waals surface area contributed by atoms with Gasteiger partial charge in [0.2, 0.25) is 0 Å². The van der Waals surface area contributed by atoms with Gasteiger partial charge in [0.15, 0.2) is 0 Å². The van der Waals surface area contributed by atoms with Crippen LogP contribution in [0, 0.1) is 0 Å². The number of phenols is 2. The van der Waals surface area contributed by atoms with E-state index < -0.39 is 24.0 Å². The summed E-state index contributed by atoms with van der Waals surface area (Å²) in [6.07, 6.45) is 7.64. The van der Waals surface area contributed by atoms with E-state index >= 15 is 0 Å². The second-order valence-electron chi connectivity index (χ2n) is 6.94. The molecule has 0 aliphatic carbocycles. The maximum absolute atomic E-state index is 10.9. The predicted molar refractivity (Wildman–Crippen MR) is 140 cm³/mol. The van der Waals surface area contributed by atoms with Gasteiger partial charge in [0.05, 0.1) is 0 Å². The molecule has 0 aliphatic heterocycles. The number of rotatable bonds is 12. The first-order chi connectivity index (χ1) is 16.3. The number of carbonyl (C=O) groups is 2. The van der Waals surface area contributed by atoms with Crippen LogP contribution < -0.4 is 24.8 Å². The molecule has 2 unspecified atom stereocenters. The average Bonchev–Trinajstić information content (AvgIpc) is 2.81. The minimum Gasteiger partial charge on any atom is -1.00 e. The number of nitrogens with zero attached hydrogens (tertiary/aromatic N) is 2. The summed E-state index contributed by atoms with van der Waals surface area (Å²) in [5, 5.41) is 36.9. The van der Waals surface area contributed by atoms with Crippen LogP contribution in [0.2, 0.25) is 0 Å². The van der Waals surface area contributed by atoms with E-state index in [1.165, 1.54) is 12.4 Å². The first kappa shape index (κ1) is 39.8. The molecule has 2 rings (SSSR count). The number of thioether (sulfide) groups is 2. The molecule has 0 spiro atoms. The topological polar surface area (TPSA) is 140 Å². The Hall–Kier alpha value is -1.74. The zero-order valence-electron chi connectivity index (χ0n) is 20.1. The number of carboxylic acid groups (broad SMARTS) is 2. The van der Waals surface area contributed by atoms with Crippen molar-refractivity contribution in [2.75, 3.05) is 24.0 Å². The maximum Gasteiger partial charge on any atom is 2.00 e. The molecule has 0 aliphatic rings. The van der Waals surface area contributed by atoms with Crippen LogP contribution in [-0.4, -0.2) is 80.9 Å². The Labute approximate surface area is 251 Å². The molecule has 0 fully saturated rings. The molecule has 13 heteroatoms. The Kier molecular flexibility index (Phi) is 25.1. The largest absolute Gasteiger partial charge is 2.00 e. The van der Waals surface area contributed by atoms with Crippen molar-refractivity contribution in [2.24, 2.45) is 9.98 Å². The number of carboxylic acids is 2. The summed E-state index contributed by atoms with van der Waals surface area (Å²) < 4.78 is 0. The molecular formula is C24H30Cl2N2O6PdS2. The number of para-hydroxylation sites is 2. The van der Waals surface area contributed by atoms with Gasteiger partial charge >= 0.3 is 32.4 Å². The molecule has 0 aromatic heterocycles. The first-order valence-electron chi connectivity index (χ1n) is 10.4. The maximum atomic E-state index is 10.9. The van der Waals surface area contributed by atoms with Crippen molar-refractivity contribution in [3.8, 4) is 11.5 Å². The standard InChI is InChI=1S/2C12H15NO3S.2ClH.Pd/c2*1-17-7-6-10(12(15)16)13-8-9-4-2-3-5-11(9)14;;;/h2*2-5,8,10,14H,6-7H2,1H3,(H,15,16);2*1H;/q;;;;+2/p-2. The Morgan fingerprint density at radius 2 is 1.08 bits per heavy atom. The average molecular weight is 684 g/mol. The van der Waals surface area contributed by atoms with E-state index in [0.717, 1.165) is 11.5 Å². The Bertz CT molecular complexity index is 908. The van der Waals surface area contributed by atoms with Crippen LogP contribution in [0.3, 0.4) is 0 Å². The van der Waals surface area contributed by atoms with Gasteiger partial charge in [-0.2, -0.15) is 23.5 Å². The number of phenolic OH excluding ortho intramolecular Hbond substituents is 2. The van der Waals surface area contributed by atoms with Crippen LogP contribution in [0.1, 0.15) is 24.0 Å². The third-order valence-electron chi connectivity index (χ3n) is 4.42. The monoisotopic (exact) mass is 682 g/mol. The zero-order chi connectivity index (χ0) is 25.3. The van der Waals surface area contributed by atoms with E-state index in [9.17, 15) is 19.8 Å². The molecule has 2 atom stereocenters. The Morgan fingerprint density at radius 3 is 1.35 bits per heavy atom. The van der Waals surface area contributed by atoms with Crippen molar-refractivity contribution in [3.05, 3.63) is 59.7 Å². The van der Waals surface area contributed by atoms with Gasteiger partial charge in [-0.05, 0) is 61.1 Å². The second-order valence-corrected chi connectivity index (χ2v) is 8.92. The van der Waals surface area contributed by atoms with Gasteiger partial charge in [-0.1, -0.05) is 24.3 Å². The molecule has 4 N–H and O–H groups in total. The molecule has 0 saturated heterocycles.